The smallest absolute Gasteiger partial charge is 0.263 e. The Bertz CT molecular complexity index is 631. The van der Waals surface area contributed by atoms with Crippen LogP contribution in [0.15, 0.2) is 57.3 Å². The molecule has 4 nitrogen and oxygen atoms in total. The molecule has 1 N–H and O–H groups in total. The molecular formula is C13H10N2O2S. The summed E-state index contributed by atoms with van der Waals surface area (Å²) in [6, 6.07) is 11.3. The average molecular weight is 258 g/mol. The number of pyridine rings is 1. The minimum Gasteiger partial charge on any atom is -0.431 e. The lowest BCUT2D eigenvalue weighted by Crippen LogP contribution is -1.85. The van der Waals surface area contributed by atoms with Gasteiger partial charge in [0, 0.05) is 6.20 Å². The van der Waals surface area contributed by atoms with Crippen molar-refractivity contribution < 1.29 is 9.52 Å². The molecular weight excluding hydrogens is 248 g/mol. The van der Waals surface area contributed by atoms with Crippen LogP contribution in [0.25, 0.3) is 11.1 Å². The number of benzene rings is 1. The Labute approximate surface area is 108 Å². The highest BCUT2D eigenvalue weighted by Gasteiger charge is 2.07. The van der Waals surface area contributed by atoms with Gasteiger partial charge >= 0.3 is 0 Å². The normalized spacial score (nSPS) is 10.9. The number of hydrogen-bond donors (Lipinski definition) is 1. The van der Waals surface area contributed by atoms with E-state index in [0.717, 1.165) is 21.7 Å². The third-order valence-corrected chi connectivity index (χ3v) is 3.25. The molecule has 0 amide bonds. The zero-order valence-electron chi connectivity index (χ0n) is 9.41. The molecule has 0 bridgehead atoms. The first kappa shape index (κ1) is 11.3. The molecule has 18 heavy (non-hydrogen) atoms. The second-order valence-electron chi connectivity index (χ2n) is 3.71. The molecule has 0 aliphatic rings. The van der Waals surface area contributed by atoms with E-state index in [9.17, 15) is 0 Å². The molecule has 2 aromatic heterocycles. The Balaban J connectivity index is 1.86. The molecule has 0 aliphatic heterocycles. The summed E-state index contributed by atoms with van der Waals surface area (Å²) in [5.74, 6) is 0. The second kappa shape index (κ2) is 4.80. The predicted octanol–water partition coefficient (Wildman–Crippen LogP) is 2.87. The van der Waals surface area contributed by atoms with Gasteiger partial charge in [-0.1, -0.05) is 18.2 Å². The van der Waals surface area contributed by atoms with Crippen LogP contribution in [0.5, 0.6) is 0 Å². The molecule has 0 atom stereocenters. The summed E-state index contributed by atoms with van der Waals surface area (Å²) < 4.78 is 5.59. The lowest BCUT2D eigenvalue weighted by Gasteiger charge is -1.97. The number of fused-ring (bicyclic) bond motifs is 1. The van der Waals surface area contributed by atoms with Gasteiger partial charge in [-0.3, -0.25) is 0 Å². The third-order valence-electron chi connectivity index (χ3n) is 2.45. The van der Waals surface area contributed by atoms with Crippen LogP contribution < -0.4 is 0 Å². The summed E-state index contributed by atoms with van der Waals surface area (Å²) >= 11 is 1.36. The van der Waals surface area contributed by atoms with Gasteiger partial charge in [-0.2, -0.15) is 0 Å². The fraction of sp³-hybridized carbons (Fsp3) is 0.0769. The molecule has 3 rings (SSSR count). The number of aliphatic hydroxyl groups is 1. The number of rotatable bonds is 3. The van der Waals surface area contributed by atoms with Crippen LogP contribution in [0.4, 0.5) is 0 Å². The topological polar surface area (TPSA) is 59.2 Å². The molecule has 5 heteroatoms. The number of para-hydroxylation sites is 2. The summed E-state index contributed by atoms with van der Waals surface area (Å²) in [5.41, 5.74) is 2.40. The van der Waals surface area contributed by atoms with E-state index in [0.29, 0.717) is 5.22 Å². The van der Waals surface area contributed by atoms with Gasteiger partial charge < -0.3 is 9.52 Å². The van der Waals surface area contributed by atoms with Crippen LogP contribution in [0, 0.1) is 0 Å². The Morgan fingerprint density at radius 3 is 2.78 bits per heavy atom. The lowest BCUT2D eigenvalue weighted by molar-refractivity contribution is 0.281. The molecule has 0 saturated carbocycles. The number of aromatic nitrogens is 2. The first-order chi connectivity index (χ1) is 8.85. The van der Waals surface area contributed by atoms with Crippen molar-refractivity contribution in [3.8, 4) is 0 Å². The van der Waals surface area contributed by atoms with Gasteiger partial charge in [-0.15, -0.1) is 0 Å². The average Bonchev–Trinajstić information content (AvgIpc) is 2.82. The van der Waals surface area contributed by atoms with Gasteiger partial charge in [-0.25, -0.2) is 9.97 Å². The maximum Gasteiger partial charge on any atom is 0.263 e. The van der Waals surface area contributed by atoms with Crippen molar-refractivity contribution in [1.29, 1.82) is 0 Å². The quantitative estimate of drug-likeness (QED) is 0.782. The van der Waals surface area contributed by atoms with Crippen molar-refractivity contribution in [3.63, 3.8) is 0 Å². The summed E-state index contributed by atoms with van der Waals surface area (Å²) in [7, 11) is 0. The predicted molar refractivity (Wildman–Crippen MR) is 68.3 cm³/mol. The molecule has 1 aromatic carbocycles. The summed E-state index contributed by atoms with van der Waals surface area (Å²) in [4.78, 5) is 8.58. The molecule has 90 valence electrons. The zero-order valence-corrected chi connectivity index (χ0v) is 10.2. The van der Waals surface area contributed by atoms with Crippen molar-refractivity contribution in [3.05, 3.63) is 48.2 Å². The van der Waals surface area contributed by atoms with E-state index < -0.39 is 0 Å². The summed E-state index contributed by atoms with van der Waals surface area (Å²) in [5, 5.41) is 10.3. The molecule has 0 unspecified atom stereocenters. The highest BCUT2D eigenvalue weighted by Crippen LogP contribution is 2.28. The summed E-state index contributed by atoms with van der Waals surface area (Å²) in [6.45, 7) is 0.000828. The van der Waals surface area contributed by atoms with E-state index in [1.165, 1.54) is 11.8 Å². The van der Waals surface area contributed by atoms with Crippen LogP contribution in [-0.2, 0) is 6.61 Å². The second-order valence-corrected chi connectivity index (χ2v) is 4.68. The van der Waals surface area contributed by atoms with E-state index in [4.69, 9.17) is 9.52 Å². The molecule has 2 heterocycles. The fourth-order valence-electron chi connectivity index (χ4n) is 1.55. The van der Waals surface area contributed by atoms with Crippen molar-refractivity contribution in [2.75, 3.05) is 0 Å². The maximum atomic E-state index is 8.94. The standard InChI is InChI=1S/C13H10N2O2S/c16-8-9-5-6-12(14-7-9)18-13-15-10-3-1-2-4-11(10)17-13/h1-7,16H,8H2. The van der Waals surface area contributed by atoms with E-state index >= 15 is 0 Å². The van der Waals surface area contributed by atoms with Gasteiger partial charge in [0.25, 0.3) is 5.22 Å². The Morgan fingerprint density at radius 1 is 1.17 bits per heavy atom. The van der Waals surface area contributed by atoms with Crippen molar-refractivity contribution in [2.45, 2.75) is 16.9 Å². The van der Waals surface area contributed by atoms with Crippen LogP contribution in [0.2, 0.25) is 0 Å². The Kier molecular flexibility index (Phi) is 3.00. The van der Waals surface area contributed by atoms with Crippen LogP contribution in [0.3, 0.4) is 0 Å². The largest absolute Gasteiger partial charge is 0.431 e. The first-order valence-corrected chi connectivity index (χ1v) is 6.26. The van der Waals surface area contributed by atoms with E-state index in [-0.39, 0.29) is 6.61 Å². The van der Waals surface area contributed by atoms with Crippen LogP contribution in [-0.4, -0.2) is 15.1 Å². The number of nitrogens with zero attached hydrogens (tertiary/aromatic N) is 2. The molecule has 3 aromatic rings. The van der Waals surface area contributed by atoms with Gasteiger partial charge in [0.2, 0.25) is 0 Å². The SMILES string of the molecule is OCc1ccc(Sc2nc3ccccc3o2)nc1. The Hall–Kier alpha value is -1.85. The monoisotopic (exact) mass is 258 g/mol. The van der Waals surface area contributed by atoms with Gasteiger partial charge in [0.15, 0.2) is 5.58 Å². The molecule has 0 spiro atoms. The molecule has 0 radical (unpaired) electrons. The third kappa shape index (κ3) is 2.23. The van der Waals surface area contributed by atoms with E-state index in [1.807, 2.05) is 36.4 Å². The minimum atomic E-state index is 0.000828. The van der Waals surface area contributed by atoms with E-state index in [2.05, 4.69) is 9.97 Å². The number of hydrogen-bond acceptors (Lipinski definition) is 5. The number of oxazole rings is 1. The van der Waals surface area contributed by atoms with Gasteiger partial charge in [0.1, 0.15) is 10.5 Å². The first-order valence-electron chi connectivity index (χ1n) is 5.44. The Morgan fingerprint density at radius 2 is 2.06 bits per heavy atom. The van der Waals surface area contributed by atoms with Crippen LogP contribution >= 0.6 is 11.8 Å². The minimum absolute atomic E-state index is 0.000828. The van der Waals surface area contributed by atoms with Gasteiger partial charge in [0.05, 0.1) is 6.61 Å². The lowest BCUT2D eigenvalue weighted by atomic mass is 10.3. The number of aliphatic hydroxyl groups excluding tert-OH is 1. The molecule has 0 fully saturated rings. The molecule has 0 aliphatic carbocycles. The van der Waals surface area contributed by atoms with E-state index in [1.54, 1.807) is 6.20 Å². The van der Waals surface area contributed by atoms with Crippen molar-refractivity contribution >= 4 is 22.9 Å². The summed E-state index contributed by atoms with van der Waals surface area (Å²) in [6.07, 6.45) is 1.64. The highest BCUT2D eigenvalue weighted by molar-refractivity contribution is 7.99. The van der Waals surface area contributed by atoms with Crippen LogP contribution in [0.1, 0.15) is 5.56 Å². The zero-order chi connectivity index (χ0) is 12.4. The van der Waals surface area contributed by atoms with Gasteiger partial charge in [-0.05, 0) is 35.5 Å². The maximum absolute atomic E-state index is 8.94. The molecule has 0 saturated heterocycles. The fourth-order valence-corrected chi connectivity index (χ4v) is 2.24. The highest BCUT2D eigenvalue weighted by atomic mass is 32.2. The van der Waals surface area contributed by atoms with Crippen molar-refractivity contribution in [2.24, 2.45) is 0 Å². The van der Waals surface area contributed by atoms with Crippen molar-refractivity contribution in [1.82, 2.24) is 9.97 Å².